The van der Waals surface area contributed by atoms with Gasteiger partial charge in [0, 0.05) is 0 Å². The van der Waals surface area contributed by atoms with Crippen molar-refractivity contribution in [2.24, 2.45) is 11.1 Å². The van der Waals surface area contributed by atoms with Crippen LogP contribution in [0, 0.1) is 17.6 Å². The molecule has 0 saturated heterocycles. The lowest BCUT2D eigenvalue weighted by molar-refractivity contribution is 0.570. The van der Waals surface area contributed by atoms with Crippen LogP contribution in [0.1, 0.15) is 12.8 Å². The van der Waals surface area contributed by atoms with Gasteiger partial charge in [0.25, 0.3) is 0 Å². The Bertz CT molecular complexity index is 720. The Kier molecular flexibility index (Phi) is 3.73. The van der Waals surface area contributed by atoms with Crippen molar-refractivity contribution in [2.75, 3.05) is 10.5 Å². The number of sulfonamides is 2. The highest BCUT2D eigenvalue weighted by molar-refractivity contribution is 7.92. The molecule has 0 heterocycles. The van der Waals surface area contributed by atoms with E-state index in [-0.39, 0.29) is 11.7 Å². The molecule has 3 N–H and O–H groups in total. The van der Waals surface area contributed by atoms with Crippen LogP contribution < -0.4 is 9.86 Å². The Balaban J connectivity index is 2.33. The van der Waals surface area contributed by atoms with E-state index in [9.17, 15) is 25.6 Å². The quantitative estimate of drug-likeness (QED) is 0.833. The third-order valence-corrected chi connectivity index (χ3v) is 5.07. The average Bonchev–Trinajstić information content (AvgIpc) is 3.05. The Hall–Kier alpha value is -1.26. The highest BCUT2D eigenvalue weighted by atomic mass is 32.2. The van der Waals surface area contributed by atoms with Gasteiger partial charge in [0.15, 0.2) is 11.6 Å². The standard InChI is InChI=1S/C10H12F2N2O4S2/c11-8-3-7(20(13,17)18)4-9(12)10(8)14-19(15,16)5-6-1-2-6/h3-4,6,14H,1-2,5H2,(H2,13,17,18). The van der Waals surface area contributed by atoms with Gasteiger partial charge in [-0.2, -0.15) is 0 Å². The molecular formula is C10H12F2N2O4S2. The minimum Gasteiger partial charge on any atom is -0.278 e. The van der Waals surface area contributed by atoms with Gasteiger partial charge in [-0.25, -0.2) is 30.8 Å². The van der Waals surface area contributed by atoms with Crippen molar-refractivity contribution in [3.8, 4) is 0 Å². The Morgan fingerprint density at radius 3 is 2.05 bits per heavy atom. The summed E-state index contributed by atoms with van der Waals surface area (Å²) < 4.78 is 74.4. The maximum Gasteiger partial charge on any atom is 0.238 e. The van der Waals surface area contributed by atoms with Gasteiger partial charge in [-0.05, 0) is 30.9 Å². The summed E-state index contributed by atoms with van der Waals surface area (Å²) >= 11 is 0. The summed E-state index contributed by atoms with van der Waals surface area (Å²) in [6.07, 6.45) is 1.52. The molecule has 6 nitrogen and oxygen atoms in total. The molecule has 0 spiro atoms. The maximum atomic E-state index is 13.6. The molecule has 20 heavy (non-hydrogen) atoms. The van der Waals surface area contributed by atoms with E-state index >= 15 is 0 Å². The molecule has 2 rings (SSSR count). The highest BCUT2D eigenvalue weighted by Crippen LogP contribution is 2.31. The van der Waals surface area contributed by atoms with E-state index in [4.69, 9.17) is 5.14 Å². The summed E-state index contributed by atoms with van der Waals surface area (Å²) in [4.78, 5) is -0.766. The van der Waals surface area contributed by atoms with Crippen LogP contribution in [0.5, 0.6) is 0 Å². The van der Waals surface area contributed by atoms with Crippen molar-refractivity contribution < 1.29 is 25.6 Å². The summed E-state index contributed by atoms with van der Waals surface area (Å²) in [7, 11) is -8.15. The number of primary sulfonamides is 1. The third kappa shape index (κ3) is 3.64. The molecule has 0 aromatic heterocycles. The second-order valence-electron chi connectivity index (χ2n) is 4.63. The molecule has 0 unspecified atom stereocenters. The van der Waals surface area contributed by atoms with Crippen LogP contribution in [0.25, 0.3) is 0 Å². The fraction of sp³-hybridized carbons (Fsp3) is 0.400. The first kappa shape index (κ1) is 15.1. The van der Waals surface area contributed by atoms with Gasteiger partial charge in [0.05, 0.1) is 10.6 Å². The molecule has 1 aromatic carbocycles. The van der Waals surface area contributed by atoms with E-state index in [1.807, 2.05) is 0 Å². The fourth-order valence-electron chi connectivity index (χ4n) is 1.60. The van der Waals surface area contributed by atoms with E-state index in [1.165, 1.54) is 0 Å². The fourth-order valence-corrected chi connectivity index (χ4v) is 3.68. The zero-order chi connectivity index (χ0) is 15.1. The smallest absolute Gasteiger partial charge is 0.238 e. The Morgan fingerprint density at radius 1 is 1.15 bits per heavy atom. The zero-order valence-corrected chi connectivity index (χ0v) is 11.8. The number of hydrogen-bond acceptors (Lipinski definition) is 4. The summed E-state index contributed by atoms with van der Waals surface area (Å²) in [5.74, 6) is -2.90. The molecule has 10 heteroatoms. The SMILES string of the molecule is NS(=O)(=O)c1cc(F)c(NS(=O)(=O)CC2CC2)c(F)c1. The lowest BCUT2D eigenvalue weighted by atomic mass is 10.3. The molecule has 0 atom stereocenters. The van der Waals surface area contributed by atoms with E-state index in [1.54, 1.807) is 4.72 Å². The van der Waals surface area contributed by atoms with Crippen LogP contribution in [0.2, 0.25) is 0 Å². The topological polar surface area (TPSA) is 106 Å². The van der Waals surface area contributed by atoms with Gasteiger partial charge in [0.2, 0.25) is 20.0 Å². The van der Waals surface area contributed by atoms with Crippen molar-refractivity contribution in [3.05, 3.63) is 23.8 Å². The van der Waals surface area contributed by atoms with Gasteiger partial charge in [0.1, 0.15) is 5.69 Å². The molecule has 1 aliphatic rings. The lowest BCUT2D eigenvalue weighted by Crippen LogP contribution is -2.20. The molecule has 1 saturated carbocycles. The average molecular weight is 326 g/mol. The Labute approximate surface area is 115 Å². The number of rotatable bonds is 5. The predicted octanol–water partition coefficient (Wildman–Crippen LogP) is 0.764. The first-order valence-corrected chi connectivity index (χ1v) is 8.81. The number of nitrogens with one attached hydrogen (secondary N) is 1. The van der Waals surface area contributed by atoms with E-state index in [0.717, 1.165) is 12.8 Å². The minimum absolute atomic E-state index is 0.00214. The van der Waals surface area contributed by atoms with Crippen LogP contribution in [0.3, 0.4) is 0 Å². The van der Waals surface area contributed by atoms with Gasteiger partial charge in [-0.3, -0.25) is 4.72 Å². The van der Waals surface area contributed by atoms with Crippen LogP contribution >= 0.6 is 0 Å². The minimum atomic E-state index is -4.27. The molecule has 0 radical (unpaired) electrons. The molecule has 112 valence electrons. The molecule has 1 aromatic rings. The first-order valence-electron chi connectivity index (χ1n) is 5.61. The largest absolute Gasteiger partial charge is 0.278 e. The van der Waals surface area contributed by atoms with Crippen molar-refractivity contribution in [1.82, 2.24) is 0 Å². The van der Waals surface area contributed by atoms with Crippen molar-refractivity contribution >= 4 is 25.7 Å². The van der Waals surface area contributed by atoms with E-state index in [0.29, 0.717) is 12.1 Å². The molecule has 0 bridgehead atoms. The Morgan fingerprint density at radius 2 is 1.65 bits per heavy atom. The van der Waals surface area contributed by atoms with E-state index < -0.39 is 42.3 Å². The van der Waals surface area contributed by atoms with Crippen LogP contribution in [0.4, 0.5) is 14.5 Å². The second kappa shape index (κ2) is 4.93. The zero-order valence-electron chi connectivity index (χ0n) is 10.1. The van der Waals surface area contributed by atoms with Crippen LogP contribution in [0.15, 0.2) is 17.0 Å². The number of benzene rings is 1. The maximum absolute atomic E-state index is 13.6. The number of halogens is 2. The summed E-state index contributed by atoms with van der Waals surface area (Å²) in [5, 5.41) is 4.75. The van der Waals surface area contributed by atoms with Gasteiger partial charge in [-0.1, -0.05) is 0 Å². The summed E-state index contributed by atoms with van der Waals surface area (Å²) in [6, 6.07) is 0.931. The molecule has 0 amide bonds. The van der Waals surface area contributed by atoms with Gasteiger partial charge in [-0.15, -0.1) is 0 Å². The normalized spacial score (nSPS) is 16.1. The summed E-state index contributed by atoms with van der Waals surface area (Å²) in [6.45, 7) is 0. The highest BCUT2D eigenvalue weighted by Gasteiger charge is 2.29. The predicted molar refractivity (Wildman–Crippen MR) is 67.9 cm³/mol. The van der Waals surface area contributed by atoms with Gasteiger partial charge >= 0.3 is 0 Å². The van der Waals surface area contributed by atoms with E-state index in [2.05, 4.69) is 0 Å². The van der Waals surface area contributed by atoms with Gasteiger partial charge < -0.3 is 0 Å². The van der Waals surface area contributed by atoms with Crippen molar-refractivity contribution in [2.45, 2.75) is 17.7 Å². The van der Waals surface area contributed by atoms with Crippen LogP contribution in [-0.2, 0) is 20.0 Å². The van der Waals surface area contributed by atoms with Crippen molar-refractivity contribution in [3.63, 3.8) is 0 Å². The second-order valence-corrected chi connectivity index (χ2v) is 7.96. The number of anilines is 1. The number of hydrogen-bond donors (Lipinski definition) is 2. The molecule has 0 aliphatic heterocycles. The monoisotopic (exact) mass is 326 g/mol. The summed E-state index contributed by atoms with van der Waals surface area (Å²) in [5.41, 5.74) is -0.905. The number of nitrogens with two attached hydrogens (primary N) is 1. The van der Waals surface area contributed by atoms with Crippen LogP contribution in [-0.4, -0.2) is 22.6 Å². The third-order valence-electron chi connectivity index (χ3n) is 2.75. The molecular weight excluding hydrogens is 314 g/mol. The molecule has 1 aliphatic carbocycles. The molecule has 1 fully saturated rings. The first-order chi connectivity index (χ1) is 9.08. The van der Waals surface area contributed by atoms with Crippen molar-refractivity contribution in [1.29, 1.82) is 0 Å². The lowest BCUT2D eigenvalue weighted by Gasteiger charge is -2.10.